The Bertz CT molecular complexity index is 924. The van der Waals surface area contributed by atoms with Crippen LogP contribution in [0.1, 0.15) is 25.5 Å². The molecule has 2 aliphatic heterocycles. The van der Waals surface area contributed by atoms with Crippen molar-refractivity contribution in [2.45, 2.75) is 25.0 Å². The number of aromatic nitrogens is 3. The van der Waals surface area contributed by atoms with E-state index in [0.29, 0.717) is 53.7 Å². The molecule has 0 aliphatic carbocycles. The van der Waals surface area contributed by atoms with Gasteiger partial charge >= 0.3 is 5.97 Å². The first kappa shape index (κ1) is 17.7. The van der Waals surface area contributed by atoms with Crippen molar-refractivity contribution < 1.29 is 19.0 Å². The summed E-state index contributed by atoms with van der Waals surface area (Å²) in [6.45, 7) is 4.94. The van der Waals surface area contributed by atoms with Gasteiger partial charge in [-0.15, -0.1) is 5.10 Å². The van der Waals surface area contributed by atoms with E-state index in [9.17, 15) is 4.79 Å². The van der Waals surface area contributed by atoms with E-state index < -0.39 is 6.04 Å². The summed E-state index contributed by atoms with van der Waals surface area (Å²) < 4.78 is 18.4. The molecule has 0 saturated carbocycles. The van der Waals surface area contributed by atoms with E-state index in [-0.39, 0.29) is 5.97 Å². The molecule has 0 bridgehead atoms. The van der Waals surface area contributed by atoms with Crippen molar-refractivity contribution >= 4 is 23.7 Å². The number of rotatable bonds is 4. The second-order valence-corrected chi connectivity index (χ2v) is 6.83. The summed E-state index contributed by atoms with van der Waals surface area (Å²) in [5.74, 6) is 1.56. The van der Waals surface area contributed by atoms with Crippen LogP contribution in [0.15, 0.2) is 34.6 Å². The van der Waals surface area contributed by atoms with Crippen molar-refractivity contribution in [3.05, 3.63) is 35.0 Å². The third kappa shape index (κ3) is 3.12. The summed E-state index contributed by atoms with van der Waals surface area (Å²) >= 11 is 1.44. The number of nitrogens with zero attached hydrogens (tertiary/aromatic N) is 3. The molecule has 2 aliphatic rings. The van der Waals surface area contributed by atoms with Crippen LogP contribution in [-0.2, 0) is 9.53 Å². The summed E-state index contributed by atoms with van der Waals surface area (Å²) in [5, 5.41) is 8.35. The standard InChI is InChI=1S/C18H20N4O4S/c1-4-24-16(23)14-10(2)19-17-20-18(27-3)21-22(17)15(14)11-5-6-12-13(9-11)26-8-7-25-12/h5-6,9,15H,4,7-8H2,1-3H3,(H,19,20,21). The van der Waals surface area contributed by atoms with Crippen LogP contribution in [0.2, 0.25) is 0 Å². The van der Waals surface area contributed by atoms with E-state index in [4.69, 9.17) is 14.2 Å². The average molecular weight is 388 g/mol. The SMILES string of the molecule is CCOC(=O)C1=C(C)Nc2nc(SC)nn2C1c1ccc2c(c1)OCCO2. The van der Waals surface area contributed by atoms with Crippen LogP contribution < -0.4 is 14.8 Å². The number of allylic oxidation sites excluding steroid dienone is 1. The van der Waals surface area contributed by atoms with E-state index in [1.54, 1.807) is 11.6 Å². The first-order chi connectivity index (χ1) is 13.1. The van der Waals surface area contributed by atoms with Gasteiger partial charge in [0.1, 0.15) is 19.3 Å². The normalized spacial score (nSPS) is 18.0. The van der Waals surface area contributed by atoms with E-state index in [1.807, 2.05) is 31.4 Å². The lowest BCUT2D eigenvalue weighted by Gasteiger charge is -2.29. The van der Waals surface area contributed by atoms with Gasteiger partial charge in [0.2, 0.25) is 11.1 Å². The number of hydrogen-bond acceptors (Lipinski definition) is 8. The van der Waals surface area contributed by atoms with Crippen LogP contribution >= 0.6 is 11.8 Å². The number of carbonyl (C=O) groups is 1. The van der Waals surface area contributed by atoms with E-state index >= 15 is 0 Å². The van der Waals surface area contributed by atoms with Gasteiger partial charge in [0.05, 0.1) is 12.2 Å². The molecule has 1 atom stereocenters. The molecule has 0 spiro atoms. The summed E-state index contributed by atoms with van der Waals surface area (Å²) in [7, 11) is 0. The fourth-order valence-electron chi connectivity index (χ4n) is 3.23. The fraction of sp³-hybridized carbons (Fsp3) is 0.389. The van der Waals surface area contributed by atoms with Crippen LogP contribution in [0.3, 0.4) is 0 Å². The topological polar surface area (TPSA) is 87.5 Å². The predicted octanol–water partition coefficient (Wildman–Crippen LogP) is 2.62. The van der Waals surface area contributed by atoms with Crippen molar-refractivity contribution in [2.24, 2.45) is 0 Å². The third-order valence-electron chi connectivity index (χ3n) is 4.39. The lowest BCUT2D eigenvalue weighted by molar-refractivity contribution is -0.139. The highest BCUT2D eigenvalue weighted by Gasteiger charge is 2.35. The van der Waals surface area contributed by atoms with Gasteiger partial charge in [-0.2, -0.15) is 4.98 Å². The number of benzene rings is 1. The second-order valence-electron chi connectivity index (χ2n) is 6.06. The van der Waals surface area contributed by atoms with Crippen LogP contribution in [-0.4, -0.2) is 46.8 Å². The quantitative estimate of drug-likeness (QED) is 0.632. The molecule has 142 valence electrons. The zero-order valence-electron chi connectivity index (χ0n) is 15.3. The van der Waals surface area contributed by atoms with E-state index in [1.165, 1.54) is 11.8 Å². The van der Waals surface area contributed by atoms with Gasteiger partial charge in [0.15, 0.2) is 11.5 Å². The van der Waals surface area contributed by atoms with Gasteiger partial charge in [0.25, 0.3) is 0 Å². The first-order valence-corrected chi connectivity index (χ1v) is 9.89. The predicted molar refractivity (Wildman–Crippen MR) is 100 cm³/mol. The minimum Gasteiger partial charge on any atom is -0.486 e. The van der Waals surface area contributed by atoms with Gasteiger partial charge in [-0.25, -0.2) is 9.48 Å². The highest BCUT2D eigenvalue weighted by Crippen LogP contribution is 2.40. The van der Waals surface area contributed by atoms with Gasteiger partial charge in [-0.1, -0.05) is 17.8 Å². The van der Waals surface area contributed by atoms with Gasteiger partial charge in [0, 0.05) is 5.70 Å². The second kappa shape index (κ2) is 7.15. The number of ether oxygens (including phenoxy) is 3. The molecule has 0 fully saturated rings. The lowest BCUT2D eigenvalue weighted by atomic mass is 9.95. The molecule has 0 amide bonds. The number of carbonyl (C=O) groups excluding carboxylic acids is 1. The van der Waals surface area contributed by atoms with Crippen molar-refractivity contribution in [2.75, 3.05) is 31.4 Å². The summed E-state index contributed by atoms with van der Waals surface area (Å²) in [6, 6.07) is 5.20. The molecule has 0 radical (unpaired) electrons. The molecule has 3 heterocycles. The van der Waals surface area contributed by atoms with Crippen molar-refractivity contribution in [1.82, 2.24) is 14.8 Å². The number of anilines is 1. The van der Waals surface area contributed by atoms with Crippen molar-refractivity contribution in [1.29, 1.82) is 0 Å². The Balaban J connectivity index is 1.85. The summed E-state index contributed by atoms with van der Waals surface area (Å²) in [5.41, 5.74) is 2.04. The lowest BCUT2D eigenvalue weighted by Crippen LogP contribution is -2.29. The van der Waals surface area contributed by atoms with Crippen molar-refractivity contribution in [3.8, 4) is 11.5 Å². The van der Waals surface area contributed by atoms with Crippen molar-refractivity contribution in [3.63, 3.8) is 0 Å². The highest BCUT2D eigenvalue weighted by molar-refractivity contribution is 7.98. The molecule has 2 aromatic rings. The molecule has 1 N–H and O–H groups in total. The molecule has 4 rings (SSSR count). The number of thioether (sulfide) groups is 1. The minimum absolute atomic E-state index is 0.295. The molecule has 1 aromatic heterocycles. The molecular weight excluding hydrogens is 368 g/mol. The Morgan fingerprint density at radius 2 is 2.15 bits per heavy atom. The zero-order valence-corrected chi connectivity index (χ0v) is 16.1. The maximum Gasteiger partial charge on any atom is 0.338 e. The van der Waals surface area contributed by atoms with Crippen LogP contribution in [0.4, 0.5) is 5.95 Å². The first-order valence-electron chi connectivity index (χ1n) is 8.67. The largest absolute Gasteiger partial charge is 0.486 e. The highest BCUT2D eigenvalue weighted by atomic mass is 32.2. The maximum atomic E-state index is 12.7. The zero-order chi connectivity index (χ0) is 19.0. The number of fused-ring (bicyclic) bond motifs is 2. The maximum absolute atomic E-state index is 12.7. The minimum atomic E-state index is -0.468. The molecule has 27 heavy (non-hydrogen) atoms. The van der Waals surface area contributed by atoms with E-state index in [2.05, 4.69) is 15.4 Å². The Morgan fingerprint density at radius 1 is 1.37 bits per heavy atom. The van der Waals surface area contributed by atoms with Gasteiger partial charge in [-0.3, -0.25) is 0 Å². The van der Waals surface area contributed by atoms with E-state index in [0.717, 1.165) is 5.56 Å². The Morgan fingerprint density at radius 3 is 2.89 bits per heavy atom. The summed E-state index contributed by atoms with van der Waals surface area (Å²) in [6.07, 6.45) is 1.91. The Hall–Kier alpha value is -2.68. The van der Waals surface area contributed by atoms with Crippen LogP contribution in [0.25, 0.3) is 0 Å². The molecule has 1 unspecified atom stereocenters. The third-order valence-corrected chi connectivity index (χ3v) is 4.93. The molecule has 8 nitrogen and oxygen atoms in total. The van der Waals surface area contributed by atoms with Gasteiger partial charge < -0.3 is 19.5 Å². The molecule has 9 heteroatoms. The number of nitrogens with one attached hydrogen (secondary N) is 1. The fourth-order valence-corrected chi connectivity index (χ4v) is 3.58. The smallest absolute Gasteiger partial charge is 0.338 e. The molecule has 0 saturated heterocycles. The van der Waals surface area contributed by atoms with Crippen LogP contribution in [0.5, 0.6) is 11.5 Å². The van der Waals surface area contributed by atoms with Crippen LogP contribution in [0, 0.1) is 0 Å². The number of hydrogen-bond donors (Lipinski definition) is 1. The van der Waals surface area contributed by atoms with Gasteiger partial charge in [-0.05, 0) is 37.8 Å². The molecule has 1 aromatic carbocycles. The Kier molecular flexibility index (Phi) is 4.69. The number of esters is 1. The monoisotopic (exact) mass is 388 g/mol. The molecular formula is C18H20N4O4S. The Labute approximate surface area is 160 Å². The summed E-state index contributed by atoms with van der Waals surface area (Å²) in [4.78, 5) is 17.2. The average Bonchev–Trinajstić information content (AvgIpc) is 3.09.